The molecule has 0 saturated carbocycles. The third kappa shape index (κ3) is 3.12. The van der Waals surface area contributed by atoms with Crippen molar-refractivity contribution in [2.45, 2.75) is 18.7 Å². The molecule has 0 aliphatic heterocycles. The minimum absolute atomic E-state index is 0.0988. The first kappa shape index (κ1) is 13.8. The Hall–Kier alpha value is -1.24. The molecule has 94 valence electrons. The zero-order valence-corrected chi connectivity index (χ0v) is 10.6. The van der Waals surface area contributed by atoms with Gasteiger partial charge >= 0.3 is 5.97 Å². The van der Waals surface area contributed by atoms with E-state index >= 15 is 0 Å². The quantitative estimate of drug-likeness (QED) is 0.686. The molecule has 1 aromatic heterocycles. The fourth-order valence-electron chi connectivity index (χ4n) is 1.23. The van der Waals surface area contributed by atoms with Crippen LogP contribution in [0.2, 0.25) is 0 Å². The van der Waals surface area contributed by atoms with Gasteiger partial charge in [-0.1, -0.05) is 15.9 Å². The van der Waals surface area contributed by atoms with Crippen molar-refractivity contribution in [2.75, 3.05) is 12.3 Å². The molecule has 7 heteroatoms. The van der Waals surface area contributed by atoms with Crippen LogP contribution in [0, 0.1) is 0 Å². The van der Waals surface area contributed by atoms with Crippen molar-refractivity contribution >= 4 is 27.6 Å². The highest BCUT2D eigenvalue weighted by Crippen LogP contribution is 2.26. The number of anilines is 1. The molecule has 0 unspecified atom stereocenters. The van der Waals surface area contributed by atoms with E-state index in [1.807, 2.05) is 0 Å². The molecule has 0 aliphatic carbocycles. The lowest BCUT2D eigenvalue weighted by Crippen LogP contribution is -2.12. The maximum Gasteiger partial charge on any atom is 0.340 e. The monoisotopic (exact) mass is 308 g/mol. The first-order valence-corrected chi connectivity index (χ1v) is 5.93. The van der Waals surface area contributed by atoms with E-state index in [9.17, 15) is 13.6 Å². The normalized spacial score (nSPS) is 10.6. The SMILES string of the molecule is CCOC(=O)c1cc(N)c(CBr)nc1C(F)F. The van der Waals surface area contributed by atoms with Crippen molar-refractivity contribution < 1.29 is 18.3 Å². The molecule has 1 aromatic rings. The molecule has 0 amide bonds. The minimum atomic E-state index is -2.85. The number of aromatic nitrogens is 1. The van der Waals surface area contributed by atoms with E-state index in [0.717, 1.165) is 0 Å². The third-order valence-electron chi connectivity index (χ3n) is 1.99. The number of alkyl halides is 3. The lowest BCUT2D eigenvalue weighted by atomic mass is 10.1. The van der Waals surface area contributed by atoms with Crippen LogP contribution in [0.25, 0.3) is 0 Å². The van der Waals surface area contributed by atoms with Gasteiger partial charge in [0.15, 0.2) is 0 Å². The zero-order chi connectivity index (χ0) is 13.0. The standard InChI is InChI=1S/C10H11BrF2N2O2/c1-2-17-10(16)5-3-6(14)7(4-11)15-8(5)9(12)13/h3,9H,2,4,14H2,1H3. The van der Waals surface area contributed by atoms with E-state index in [0.29, 0.717) is 0 Å². The molecule has 2 N–H and O–H groups in total. The summed E-state index contributed by atoms with van der Waals surface area (Å²) < 4.78 is 30.2. The van der Waals surface area contributed by atoms with Gasteiger partial charge in [-0.25, -0.2) is 18.6 Å². The van der Waals surface area contributed by atoms with Gasteiger partial charge in [-0.05, 0) is 13.0 Å². The summed E-state index contributed by atoms with van der Waals surface area (Å²) in [6.45, 7) is 1.69. The Balaban J connectivity index is 3.27. The van der Waals surface area contributed by atoms with E-state index in [1.165, 1.54) is 6.07 Å². The number of rotatable bonds is 4. The number of hydrogen-bond acceptors (Lipinski definition) is 4. The van der Waals surface area contributed by atoms with Gasteiger partial charge in [0.1, 0.15) is 5.69 Å². The largest absolute Gasteiger partial charge is 0.462 e. The highest BCUT2D eigenvalue weighted by Gasteiger charge is 2.23. The predicted molar refractivity (Wildman–Crippen MR) is 62.2 cm³/mol. The van der Waals surface area contributed by atoms with E-state index in [1.54, 1.807) is 6.92 Å². The molecule has 0 bridgehead atoms. The highest BCUT2D eigenvalue weighted by molar-refractivity contribution is 9.08. The summed E-state index contributed by atoms with van der Waals surface area (Å²) in [6, 6.07) is 1.17. The van der Waals surface area contributed by atoms with Crippen LogP contribution in [0.1, 0.15) is 35.1 Å². The van der Waals surface area contributed by atoms with Gasteiger partial charge in [0, 0.05) is 5.33 Å². The van der Waals surface area contributed by atoms with E-state index in [-0.39, 0.29) is 28.9 Å². The molecule has 0 saturated heterocycles. The molecule has 0 aromatic carbocycles. The van der Waals surface area contributed by atoms with Crippen LogP contribution in [0.15, 0.2) is 6.07 Å². The average Bonchev–Trinajstić information content (AvgIpc) is 2.28. The van der Waals surface area contributed by atoms with Crippen molar-refractivity contribution in [3.63, 3.8) is 0 Å². The van der Waals surface area contributed by atoms with Crippen LogP contribution < -0.4 is 5.73 Å². The van der Waals surface area contributed by atoms with Gasteiger partial charge in [0.2, 0.25) is 0 Å². The molecule has 1 rings (SSSR count). The fraction of sp³-hybridized carbons (Fsp3) is 0.400. The summed E-state index contributed by atoms with van der Waals surface area (Å²) in [5.74, 6) is -0.844. The second kappa shape index (κ2) is 5.90. The maximum absolute atomic E-state index is 12.7. The number of nitrogen functional groups attached to an aromatic ring is 1. The Labute approximate surface area is 105 Å². The van der Waals surface area contributed by atoms with Crippen molar-refractivity contribution in [2.24, 2.45) is 0 Å². The van der Waals surface area contributed by atoms with Crippen LogP contribution in [0.5, 0.6) is 0 Å². The molecule has 0 radical (unpaired) electrons. The van der Waals surface area contributed by atoms with Crippen molar-refractivity contribution in [1.82, 2.24) is 4.98 Å². The number of nitrogens with two attached hydrogens (primary N) is 1. The van der Waals surface area contributed by atoms with Crippen LogP contribution in [0.4, 0.5) is 14.5 Å². The van der Waals surface area contributed by atoms with Crippen LogP contribution >= 0.6 is 15.9 Å². The lowest BCUT2D eigenvalue weighted by molar-refractivity contribution is 0.0513. The molecule has 1 heterocycles. The number of nitrogens with zero attached hydrogens (tertiary/aromatic N) is 1. The van der Waals surface area contributed by atoms with Gasteiger partial charge < -0.3 is 10.5 Å². The van der Waals surface area contributed by atoms with Crippen LogP contribution in [-0.2, 0) is 10.1 Å². The fourth-order valence-corrected chi connectivity index (χ4v) is 1.68. The molecular weight excluding hydrogens is 298 g/mol. The molecule has 17 heavy (non-hydrogen) atoms. The van der Waals surface area contributed by atoms with Crippen molar-refractivity contribution in [3.05, 3.63) is 23.0 Å². The number of carbonyl (C=O) groups is 1. The summed E-state index contributed by atoms with van der Waals surface area (Å²) in [7, 11) is 0. The lowest BCUT2D eigenvalue weighted by Gasteiger charge is -2.10. The van der Waals surface area contributed by atoms with Gasteiger partial charge in [-0.3, -0.25) is 0 Å². The summed E-state index contributed by atoms with van der Waals surface area (Å²) >= 11 is 3.08. The number of ether oxygens (including phenoxy) is 1. The van der Waals surface area contributed by atoms with Gasteiger partial charge in [-0.15, -0.1) is 0 Å². The van der Waals surface area contributed by atoms with Gasteiger partial charge in [0.25, 0.3) is 6.43 Å². The van der Waals surface area contributed by atoms with E-state index in [4.69, 9.17) is 5.73 Å². The third-order valence-corrected chi connectivity index (χ3v) is 2.52. The molecule has 4 nitrogen and oxygen atoms in total. The Bertz CT molecular complexity index is 427. The Morgan fingerprint density at radius 2 is 2.29 bits per heavy atom. The number of halogens is 3. The maximum atomic E-state index is 12.7. The molecule has 0 atom stereocenters. The van der Waals surface area contributed by atoms with E-state index < -0.39 is 18.1 Å². The van der Waals surface area contributed by atoms with Crippen molar-refractivity contribution in [3.8, 4) is 0 Å². The molecular formula is C10H11BrF2N2O2. The summed E-state index contributed by atoms with van der Waals surface area (Å²) in [5.41, 5.74) is 5.14. The summed E-state index contributed by atoms with van der Waals surface area (Å²) in [5, 5.41) is 0.238. The van der Waals surface area contributed by atoms with Crippen LogP contribution in [0.3, 0.4) is 0 Å². The first-order chi connectivity index (χ1) is 8.01. The second-order valence-electron chi connectivity index (χ2n) is 3.11. The zero-order valence-electron chi connectivity index (χ0n) is 9.04. The predicted octanol–water partition coefficient (Wildman–Crippen LogP) is 2.67. The molecule has 0 aliphatic rings. The smallest absolute Gasteiger partial charge is 0.340 e. The topological polar surface area (TPSA) is 65.2 Å². The summed E-state index contributed by atoms with van der Waals surface area (Å²) in [4.78, 5) is 15.1. The number of hydrogen-bond donors (Lipinski definition) is 1. The Kier molecular flexibility index (Phi) is 4.80. The molecule has 0 spiro atoms. The number of pyridine rings is 1. The first-order valence-electron chi connectivity index (χ1n) is 4.81. The van der Waals surface area contributed by atoms with Crippen LogP contribution in [-0.4, -0.2) is 17.6 Å². The van der Waals surface area contributed by atoms with E-state index in [2.05, 4.69) is 25.7 Å². The number of esters is 1. The number of carbonyl (C=O) groups excluding carboxylic acids is 1. The van der Waals surface area contributed by atoms with Gasteiger partial charge in [0.05, 0.1) is 23.6 Å². The Morgan fingerprint density at radius 3 is 2.76 bits per heavy atom. The Morgan fingerprint density at radius 1 is 1.65 bits per heavy atom. The highest BCUT2D eigenvalue weighted by atomic mass is 79.9. The summed E-state index contributed by atoms with van der Waals surface area (Å²) in [6.07, 6.45) is -2.85. The second-order valence-corrected chi connectivity index (χ2v) is 3.67. The van der Waals surface area contributed by atoms with Crippen molar-refractivity contribution in [1.29, 1.82) is 0 Å². The van der Waals surface area contributed by atoms with Gasteiger partial charge in [-0.2, -0.15) is 0 Å². The molecule has 0 fully saturated rings. The average molecular weight is 309 g/mol. The minimum Gasteiger partial charge on any atom is -0.462 e.